The van der Waals surface area contributed by atoms with Crippen molar-refractivity contribution in [2.24, 2.45) is 5.73 Å². The van der Waals surface area contributed by atoms with Crippen LogP contribution in [0.1, 0.15) is 19.0 Å². The van der Waals surface area contributed by atoms with E-state index in [0.29, 0.717) is 31.1 Å². The number of aromatic nitrogens is 2. The van der Waals surface area contributed by atoms with E-state index >= 15 is 0 Å². The number of esters is 1. The van der Waals surface area contributed by atoms with Crippen molar-refractivity contribution in [2.45, 2.75) is 13.3 Å². The Balaban J connectivity index is 2.53. The van der Waals surface area contributed by atoms with Gasteiger partial charge in [-0.15, -0.1) is 0 Å². The van der Waals surface area contributed by atoms with Gasteiger partial charge in [0, 0.05) is 13.6 Å². The maximum absolute atomic E-state index is 11.2. The maximum Gasteiger partial charge on any atom is 0.307 e. The van der Waals surface area contributed by atoms with Crippen molar-refractivity contribution in [2.75, 3.05) is 25.1 Å². The number of anilines is 1. The first-order chi connectivity index (χ1) is 8.54. The lowest BCUT2D eigenvalue weighted by atomic mass is 10.4. The van der Waals surface area contributed by atoms with Crippen LogP contribution in [0.3, 0.4) is 0 Å². The van der Waals surface area contributed by atoms with Gasteiger partial charge in [-0.25, -0.2) is 9.97 Å². The van der Waals surface area contributed by atoms with E-state index in [9.17, 15) is 4.79 Å². The Morgan fingerprint density at radius 3 is 2.72 bits per heavy atom. The van der Waals surface area contributed by atoms with Crippen LogP contribution in [0.2, 0.25) is 0 Å². The molecule has 0 aromatic carbocycles. The lowest BCUT2D eigenvalue weighted by Crippen LogP contribution is -2.23. The minimum absolute atomic E-state index is 0.211. The lowest BCUT2D eigenvalue weighted by molar-refractivity contribution is -0.142. The standard InChI is InChI=1S/C11H16N4O2S/c1-3-17-10(16)4-5-15(2)9-7-13-8(6-14-9)11(12)18/h6-7H,3-5H2,1-2H3,(H2,12,18). The van der Waals surface area contributed by atoms with Crippen molar-refractivity contribution >= 4 is 29.0 Å². The van der Waals surface area contributed by atoms with Crippen molar-refractivity contribution in [3.8, 4) is 0 Å². The van der Waals surface area contributed by atoms with Crippen LogP contribution in [0.25, 0.3) is 0 Å². The van der Waals surface area contributed by atoms with Crippen molar-refractivity contribution in [1.82, 2.24) is 9.97 Å². The molecule has 0 aliphatic heterocycles. The predicted molar refractivity (Wildman–Crippen MR) is 72.4 cm³/mol. The van der Waals surface area contributed by atoms with Crippen LogP contribution in [-0.4, -0.2) is 41.1 Å². The number of nitrogens with two attached hydrogens (primary N) is 1. The summed E-state index contributed by atoms with van der Waals surface area (Å²) < 4.78 is 4.84. The Hall–Kier alpha value is -1.76. The van der Waals surface area contributed by atoms with Gasteiger partial charge in [0.25, 0.3) is 0 Å². The summed E-state index contributed by atoms with van der Waals surface area (Å²) >= 11 is 4.79. The first kappa shape index (κ1) is 14.3. The molecular weight excluding hydrogens is 252 g/mol. The van der Waals surface area contributed by atoms with E-state index in [4.69, 9.17) is 22.7 Å². The number of hydrogen-bond acceptors (Lipinski definition) is 6. The number of carbonyl (C=O) groups excluding carboxylic acids is 1. The van der Waals surface area contributed by atoms with Crippen molar-refractivity contribution in [3.63, 3.8) is 0 Å². The van der Waals surface area contributed by atoms with Crippen LogP contribution in [0.15, 0.2) is 12.4 Å². The third-order valence-corrected chi connectivity index (χ3v) is 2.45. The van der Waals surface area contributed by atoms with E-state index in [0.717, 1.165) is 0 Å². The second kappa shape index (κ2) is 6.85. The first-order valence-corrected chi connectivity index (χ1v) is 5.94. The highest BCUT2D eigenvalue weighted by Crippen LogP contribution is 2.07. The SMILES string of the molecule is CCOC(=O)CCN(C)c1cnc(C(N)=S)cn1. The quantitative estimate of drug-likeness (QED) is 0.594. The van der Waals surface area contributed by atoms with Crippen molar-refractivity contribution in [3.05, 3.63) is 18.1 Å². The van der Waals surface area contributed by atoms with Gasteiger partial charge < -0.3 is 15.4 Å². The van der Waals surface area contributed by atoms with Crippen molar-refractivity contribution < 1.29 is 9.53 Å². The second-order valence-corrected chi connectivity index (χ2v) is 4.04. The van der Waals surface area contributed by atoms with Crippen LogP contribution in [0.5, 0.6) is 0 Å². The van der Waals surface area contributed by atoms with E-state index in [2.05, 4.69) is 9.97 Å². The predicted octanol–water partition coefficient (Wildman–Crippen LogP) is 0.500. The first-order valence-electron chi connectivity index (χ1n) is 5.53. The van der Waals surface area contributed by atoms with E-state index < -0.39 is 0 Å². The summed E-state index contributed by atoms with van der Waals surface area (Å²) in [5.74, 6) is 0.427. The number of thiocarbonyl (C=S) groups is 1. The molecule has 7 heteroatoms. The molecule has 0 atom stereocenters. The molecule has 6 nitrogen and oxygen atoms in total. The number of carbonyl (C=O) groups is 1. The summed E-state index contributed by atoms with van der Waals surface area (Å²) in [4.78, 5) is 21.5. The zero-order valence-corrected chi connectivity index (χ0v) is 11.2. The zero-order valence-electron chi connectivity index (χ0n) is 10.4. The molecule has 0 bridgehead atoms. The van der Waals surface area contributed by atoms with E-state index in [1.165, 1.54) is 6.20 Å². The molecule has 2 N–H and O–H groups in total. The van der Waals surface area contributed by atoms with Gasteiger partial charge >= 0.3 is 5.97 Å². The van der Waals surface area contributed by atoms with Gasteiger partial charge in [0.2, 0.25) is 0 Å². The van der Waals surface area contributed by atoms with Gasteiger partial charge in [-0.05, 0) is 6.92 Å². The summed E-state index contributed by atoms with van der Waals surface area (Å²) in [5.41, 5.74) is 5.91. The van der Waals surface area contributed by atoms with E-state index in [-0.39, 0.29) is 11.0 Å². The largest absolute Gasteiger partial charge is 0.466 e. The third kappa shape index (κ3) is 4.25. The highest BCUT2D eigenvalue weighted by atomic mass is 32.1. The minimum Gasteiger partial charge on any atom is -0.466 e. The van der Waals surface area contributed by atoms with Gasteiger partial charge in [0.05, 0.1) is 25.4 Å². The number of ether oxygens (including phenoxy) is 1. The Kier molecular flexibility index (Phi) is 5.44. The molecule has 0 aliphatic rings. The second-order valence-electron chi connectivity index (χ2n) is 3.60. The average molecular weight is 268 g/mol. The number of rotatable bonds is 6. The molecule has 0 unspecified atom stereocenters. The van der Waals surface area contributed by atoms with Crippen LogP contribution < -0.4 is 10.6 Å². The fourth-order valence-corrected chi connectivity index (χ4v) is 1.36. The van der Waals surface area contributed by atoms with Gasteiger partial charge in [-0.2, -0.15) is 0 Å². The summed E-state index contributed by atoms with van der Waals surface area (Å²) in [6, 6.07) is 0. The molecule has 0 fully saturated rings. The van der Waals surface area contributed by atoms with Crippen molar-refractivity contribution in [1.29, 1.82) is 0 Å². The van der Waals surface area contributed by atoms with Gasteiger partial charge in [0.1, 0.15) is 16.5 Å². The maximum atomic E-state index is 11.2. The highest BCUT2D eigenvalue weighted by molar-refractivity contribution is 7.80. The van der Waals surface area contributed by atoms with E-state index in [1.54, 1.807) is 13.1 Å². The Labute approximate surface area is 111 Å². The number of nitrogens with zero attached hydrogens (tertiary/aromatic N) is 3. The Morgan fingerprint density at radius 1 is 1.50 bits per heavy atom. The van der Waals surface area contributed by atoms with Crippen LogP contribution in [-0.2, 0) is 9.53 Å². The van der Waals surface area contributed by atoms with Gasteiger partial charge in [-0.3, -0.25) is 4.79 Å². The fourth-order valence-electron chi connectivity index (χ4n) is 1.25. The molecule has 98 valence electrons. The smallest absolute Gasteiger partial charge is 0.307 e. The summed E-state index contributed by atoms with van der Waals surface area (Å²) in [6.45, 7) is 2.69. The molecule has 0 saturated carbocycles. The highest BCUT2D eigenvalue weighted by Gasteiger charge is 2.08. The molecule has 0 saturated heterocycles. The number of hydrogen-bond donors (Lipinski definition) is 1. The average Bonchev–Trinajstić information content (AvgIpc) is 2.36. The molecule has 0 aliphatic carbocycles. The molecule has 18 heavy (non-hydrogen) atoms. The lowest BCUT2D eigenvalue weighted by Gasteiger charge is -2.17. The zero-order chi connectivity index (χ0) is 13.5. The third-order valence-electron chi connectivity index (χ3n) is 2.24. The summed E-state index contributed by atoms with van der Waals surface area (Å²) in [5, 5.41) is 0. The molecular formula is C11H16N4O2S. The molecule has 0 amide bonds. The monoisotopic (exact) mass is 268 g/mol. The van der Waals surface area contributed by atoms with E-state index in [1.807, 2.05) is 11.9 Å². The summed E-state index contributed by atoms with van der Waals surface area (Å²) in [6.07, 6.45) is 3.39. The van der Waals surface area contributed by atoms with Gasteiger partial charge in [-0.1, -0.05) is 12.2 Å². The molecule has 1 aromatic heterocycles. The Morgan fingerprint density at radius 2 is 2.22 bits per heavy atom. The summed E-state index contributed by atoms with van der Waals surface area (Å²) in [7, 11) is 1.82. The normalized spacial score (nSPS) is 9.89. The Bertz CT molecular complexity index is 422. The van der Waals surface area contributed by atoms with Crippen LogP contribution >= 0.6 is 12.2 Å². The molecule has 1 rings (SSSR count). The minimum atomic E-state index is -0.225. The topological polar surface area (TPSA) is 81.3 Å². The van der Waals surface area contributed by atoms with Crippen LogP contribution in [0, 0.1) is 0 Å². The molecule has 1 heterocycles. The fraction of sp³-hybridized carbons (Fsp3) is 0.455. The van der Waals surface area contributed by atoms with Crippen LogP contribution in [0.4, 0.5) is 5.82 Å². The molecule has 0 spiro atoms. The molecule has 0 radical (unpaired) electrons. The molecule has 1 aromatic rings. The van der Waals surface area contributed by atoms with Gasteiger partial charge in [0.15, 0.2) is 0 Å².